The molecule has 0 bridgehead atoms. The minimum atomic E-state index is -4.37. The van der Waals surface area contributed by atoms with E-state index < -0.39 is 17.3 Å². The summed E-state index contributed by atoms with van der Waals surface area (Å²) in [7, 11) is 0. The van der Waals surface area contributed by atoms with Gasteiger partial charge in [-0.3, -0.25) is 4.79 Å². The van der Waals surface area contributed by atoms with Gasteiger partial charge >= 0.3 is 6.18 Å². The Balaban J connectivity index is 1.85. The van der Waals surface area contributed by atoms with Crippen molar-refractivity contribution < 1.29 is 22.7 Å². The minimum absolute atomic E-state index is 0.0729. The van der Waals surface area contributed by atoms with Crippen LogP contribution in [0, 0.1) is 0 Å². The average molecular weight is 344 g/mol. The van der Waals surface area contributed by atoms with Gasteiger partial charge in [-0.15, -0.1) is 0 Å². The number of carbonyl (C=O) groups excluding carboxylic acids is 1. The highest BCUT2D eigenvalue weighted by atomic mass is 19.4. The van der Waals surface area contributed by atoms with Crippen molar-refractivity contribution in [2.24, 2.45) is 0 Å². The predicted octanol–water partition coefficient (Wildman–Crippen LogP) is 4.88. The van der Waals surface area contributed by atoms with Crippen molar-refractivity contribution in [2.45, 2.75) is 24.6 Å². The normalized spacial score (nSPS) is 22.8. The highest BCUT2D eigenvalue weighted by molar-refractivity contribution is 6.12. The molecule has 1 spiro atoms. The molecule has 1 aliphatic carbocycles. The van der Waals surface area contributed by atoms with E-state index in [1.807, 2.05) is 12.1 Å². The van der Waals surface area contributed by atoms with Crippen LogP contribution in [0.4, 0.5) is 13.2 Å². The van der Waals surface area contributed by atoms with Crippen molar-refractivity contribution in [3.05, 3.63) is 76.9 Å². The van der Waals surface area contributed by atoms with Crippen LogP contribution in [0.3, 0.4) is 0 Å². The number of rotatable bonds is 1. The number of fused-ring (bicyclic) bond motifs is 1. The number of ether oxygens (including phenoxy) is 1. The van der Waals surface area contributed by atoms with Gasteiger partial charge in [0.05, 0.1) is 5.56 Å². The smallest absolute Gasteiger partial charge is 0.363 e. The van der Waals surface area contributed by atoms with Crippen molar-refractivity contribution in [3.63, 3.8) is 0 Å². The van der Waals surface area contributed by atoms with Crippen LogP contribution < -0.4 is 0 Å². The molecule has 0 radical (unpaired) electrons. The average Bonchev–Trinajstić information content (AvgIpc) is 3.07. The number of benzene rings is 2. The molecule has 0 unspecified atom stereocenters. The topological polar surface area (TPSA) is 26.3 Å². The molecule has 5 heteroatoms. The van der Waals surface area contributed by atoms with E-state index in [1.165, 1.54) is 12.1 Å². The number of carbonyl (C=O) groups is 1. The second kappa shape index (κ2) is 5.56. The molecule has 1 fully saturated rings. The van der Waals surface area contributed by atoms with Crippen molar-refractivity contribution in [2.75, 3.05) is 6.61 Å². The summed E-state index contributed by atoms with van der Waals surface area (Å²) in [5, 5.41) is 0. The van der Waals surface area contributed by atoms with Crippen LogP contribution in [-0.4, -0.2) is 18.0 Å². The summed E-state index contributed by atoms with van der Waals surface area (Å²) in [5.41, 5.74) is 0.986. The minimum Gasteiger partial charge on any atom is -0.363 e. The molecule has 128 valence electrons. The van der Waals surface area contributed by atoms with E-state index in [1.54, 1.807) is 18.2 Å². The molecule has 0 N–H and O–H groups in total. The van der Waals surface area contributed by atoms with Gasteiger partial charge in [-0.1, -0.05) is 36.4 Å². The zero-order valence-electron chi connectivity index (χ0n) is 13.3. The summed E-state index contributed by atoms with van der Waals surface area (Å²) in [4.78, 5) is 12.9. The second-order valence-corrected chi connectivity index (χ2v) is 6.35. The molecule has 2 aliphatic rings. The third-order valence-electron chi connectivity index (χ3n) is 4.80. The zero-order valence-corrected chi connectivity index (χ0v) is 13.3. The highest BCUT2D eigenvalue weighted by Gasteiger charge is 2.45. The molecular weight excluding hydrogens is 329 g/mol. The Labute approximate surface area is 142 Å². The molecule has 0 amide bonds. The molecule has 25 heavy (non-hydrogen) atoms. The van der Waals surface area contributed by atoms with Gasteiger partial charge in [0.1, 0.15) is 5.60 Å². The molecule has 1 saturated heterocycles. The first-order valence-electron chi connectivity index (χ1n) is 8.09. The Morgan fingerprint density at radius 1 is 0.960 bits per heavy atom. The summed E-state index contributed by atoms with van der Waals surface area (Å²) >= 11 is 0. The van der Waals surface area contributed by atoms with Gasteiger partial charge in [0.25, 0.3) is 0 Å². The summed E-state index contributed by atoms with van der Waals surface area (Å²) in [5.74, 6) is -0.0729. The van der Waals surface area contributed by atoms with Gasteiger partial charge < -0.3 is 4.74 Å². The molecule has 2 nitrogen and oxygen atoms in total. The fraction of sp³-hybridized carbons (Fsp3) is 0.250. The van der Waals surface area contributed by atoms with Gasteiger partial charge in [0.2, 0.25) is 0 Å². The number of Topliss-reactive ketones (excluding diaryl/α,β-unsaturated/α-hetero) is 1. The first kappa shape index (κ1) is 16.1. The van der Waals surface area contributed by atoms with Crippen LogP contribution in [0.5, 0.6) is 0 Å². The number of ketones is 1. The second-order valence-electron chi connectivity index (χ2n) is 6.35. The number of halogens is 3. The van der Waals surface area contributed by atoms with Gasteiger partial charge in [0, 0.05) is 12.2 Å². The molecule has 2 aromatic carbocycles. The van der Waals surface area contributed by atoms with Crippen LogP contribution in [0.1, 0.15) is 39.9 Å². The van der Waals surface area contributed by atoms with Gasteiger partial charge in [0.15, 0.2) is 5.78 Å². The quantitative estimate of drug-likeness (QED) is 0.737. The Hall–Kier alpha value is -2.40. The first-order valence-corrected chi connectivity index (χ1v) is 8.09. The van der Waals surface area contributed by atoms with Gasteiger partial charge in [-0.2, -0.15) is 13.2 Å². The molecule has 1 atom stereocenters. The van der Waals surface area contributed by atoms with Crippen LogP contribution in [-0.2, 0) is 10.9 Å². The highest BCUT2D eigenvalue weighted by Crippen LogP contribution is 2.42. The van der Waals surface area contributed by atoms with Crippen molar-refractivity contribution in [1.82, 2.24) is 0 Å². The van der Waals surface area contributed by atoms with E-state index in [9.17, 15) is 18.0 Å². The van der Waals surface area contributed by atoms with Gasteiger partial charge in [-0.25, -0.2) is 0 Å². The largest absolute Gasteiger partial charge is 0.416 e. The van der Waals surface area contributed by atoms with Crippen molar-refractivity contribution in [3.8, 4) is 0 Å². The number of hydrogen-bond acceptors (Lipinski definition) is 2. The van der Waals surface area contributed by atoms with E-state index in [4.69, 9.17) is 4.74 Å². The van der Waals surface area contributed by atoms with Gasteiger partial charge in [-0.05, 0) is 47.8 Å². The molecule has 4 rings (SSSR count). The number of alkyl halides is 3. The standard InChI is InChI=1S/C20H15F3O2/c21-20(22,23)14-8-6-13(7-9-14)17-12-19(10-3-11-25-19)18(24)16-5-2-1-4-15(16)17/h1-2,4-9,12H,3,10-11H2/t19-/m1/s1. The molecular formula is C20H15F3O2. The lowest BCUT2D eigenvalue weighted by Crippen LogP contribution is -2.39. The van der Waals surface area contributed by atoms with E-state index in [-0.39, 0.29) is 5.78 Å². The monoisotopic (exact) mass is 344 g/mol. The maximum atomic E-state index is 12.9. The summed E-state index contributed by atoms with van der Waals surface area (Å²) in [6.07, 6.45) is -1.22. The van der Waals surface area contributed by atoms with Crippen LogP contribution in [0.15, 0.2) is 54.6 Å². The Bertz CT molecular complexity index is 857. The van der Waals surface area contributed by atoms with Crippen LogP contribution >= 0.6 is 0 Å². The Morgan fingerprint density at radius 2 is 1.64 bits per heavy atom. The predicted molar refractivity (Wildman–Crippen MR) is 87.2 cm³/mol. The third-order valence-corrected chi connectivity index (χ3v) is 4.80. The fourth-order valence-corrected chi connectivity index (χ4v) is 3.55. The van der Waals surface area contributed by atoms with Crippen LogP contribution in [0.2, 0.25) is 0 Å². The molecule has 1 aliphatic heterocycles. The van der Waals surface area contributed by atoms with E-state index >= 15 is 0 Å². The molecule has 0 aromatic heterocycles. The van der Waals surface area contributed by atoms with E-state index in [0.29, 0.717) is 24.2 Å². The third kappa shape index (κ3) is 2.59. The lowest BCUT2D eigenvalue weighted by Gasteiger charge is -2.31. The number of hydrogen-bond donors (Lipinski definition) is 0. The maximum Gasteiger partial charge on any atom is 0.416 e. The first-order chi connectivity index (χ1) is 11.9. The Kier molecular flexibility index (Phi) is 3.58. The lowest BCUT2D eigenvalue weighted by atomic mass is 9.77. The molecule has 1 heterocycles. The lowest BCUT2D eigenvalue weighted by molar-refractivity contribution is -0.137. The zero-order chi connectivity index (χ0) is 17.7. The van der Waals surface area contributed by atoms with Crippen molar-refractivity contribution >= 4 is 11.4 Å². The van der Waals surface area contributed by atoms with Crippen LogP contribution in [0.25, 0.3) is 5.57 Å². The molecule has 0 saturated carbocycles. The SMILES string of the molecule is O=C1c2ccccc2C(c2ccc(C(F)(F)F)cc2)=C[C@]12CCCO2. The fourth-order valence-electron chi connectivity index (χ4n) is 3.55. The van der Waals surface area contributed by atoms with E-state index in [0.717, 1.165) is 29.7 Å². The van der Waals surface area contributed by atoms with E-state index in [2.05, 4.69) is 0 Å². The summed E-state index contributed by atoms with van der Waals surface area (Å²) in [6.45, 7) is 0.505. The molecule has 2 aromatic rings. The van der Waals surface area contributed by atoms with Crippen molar-refractivity contribution in [1.29, 1.82) is 0 Å². The summed E-state index contributed by atoms with van der Waals surface area (Å²) in [6, 6.07) is 12.2. The Morgan fingerprint density at radius 3 is 2.24 bits per heavy atom. The maximum absolute atomic E-state index is 12.9. The summed E-state index contributed by atoms with van der Waals surface area (Å²) < 4.78 is 44.2.